The first-order valence-corrected chi connectivity index (χ1v) is 9.38. The molecule has 148 valence electrons. The van der Waals surface area contributed by atoms with E-state index >= 15 is 0 Å². The Balaban J connectivity index is 1.77. The first kappa shape index (κ1) is 19.5. The third-order valence-corrected chi connectivity index (χ3v) is 5.99. The summed E-state index contributed by atoms with van der Waals surface area (Å²) >= 11 is 0. The molecule has 2 heterocycles. The first-order valence-electron chi connectivity index (χ1n) is 9.38. The number of fused-ring (bicyclic) bond motifs is 1. The molecule has 0 bridgehead atoms. The predicted molar refractivity (Wildman–Crippen MR) is 100 cm³/mol. The molecule has 0 aliphatic carbocycles. The molecule has 1 aromatic rings. The van der Waals surface area contributed by atoms with E-state index in [4.69, 9.17) is 9.84 Å². The largest absolute Gasteiger partial charge is 0.507 e. The van der Waals surface area contributed by atoms with E-state index in [1.807, 2.05) is 32.6 Å². The quantitative estimate of drug-likeness (QED) is 0.833. The number of aliphatic carboxylic acids is 1. The van der Waals surface area contributed by atoms with Crippen LogP contribution in [0.25, 0.3) is 0 Å². The molecule has 0 saturated carbocycles. The van der Waals surface area contributed by atoms with E-state index in [0.29, 0.717) is 44.8 Å². The number of hydrogen-bond acceptors (Lipinski definition) is 5. The Morgan fingerprint density at radius 2 is 1.70 bits per heavy atom. The third-order valence-electron chi connectivity index (χ3n) is 5.99. The van der Waals surface area contributed by atoms with Gasteiger partial charge < -0.3 is 19.8 Å². The van der Waals surface area contributed by atoms with E-state index in [0.717, 1.165) is 28.0 Å². The van der Waals surface area contributed by atoms with Gasteiger partial charge in [-0.05, 0) is 50.8 Å². The second kappa shape index (κ2) is 7.03. The van der Waals surface area contributed by atoms with Crippen LogP contribution in [0.4, 0.5) is 0 Å². The van der Waals surface area contributed by atoms with Crippen molar-refractivity contribution in [3.05, 3.63) is 22.3 Å². The maximum absolute atomic E-state index is 13.2. The van der Waals surface area contributed by atoms with Gasteiger partial charge in [-0.1, -0.05) is 0 Å². The van der Waals surface area contributed by atoms with Crippen molar-refractivity contribution in [1.29, 1.82) is 0 Å². The highest BCUT2D eigenvalue weighted by atomic mass is 16.5. The number of piperazine rings is 1. The van der Waals surface area contributed by atoms with E-state index in [2.05, 4.69) is 0 Å². The van der Waals surface area contributed by atoms with E-state index in [1.165, 1.54) is 0 Å². The van der Waals surface area contributed by atoms with Gasteiger partial charge in [-0.2, -0.15) is 0 Å². The molecule has 7 nitrogen and oxygen atoms in total. The van der Waals surface area contributed by atoms with Crippen molar-refractivity contribution in [2.24, 2.45) is 0 Å². The van der Waals surface area contributed by atoms with Gasteiger partial charge in [-0.3, -0.25) is 14.5 Å². The Morgan fingerprint density at radius 1 is 1.07 bits per heavy atom. The highest BCUT2D eigenvalue weighted by Gasteiger charge is 2.43. The van der Waals surface area contributed by atoms with Crippen molar-refractivity contribution in [2.45, 2.75) is 46.1 Å². The summed E-state index contributed by atoms with van der Waals surface area (Å²) in [4.78, 5) is 27.6. The van der Waals surface area contributed by atoms with Gasteiger partial charge in [0.1, 0.15) is 11.5 Å². The topological polar surface area (TPSA) is 90.3 Å². The number of carboxylic acids is 1. The number of carbonyl (C=O) groups is 2. The highest BCUT2D eigenvalue weighted by Crippen LogP contribution is 2.43. The number of hydrogen-bond donors (Lipinski definition) is 2. The molecule has 27 heavy (non-hydrogen) atoms. The van der Waals surface area contributed by atoms with Crippen LogP contribution in [0.15, 0.2) is 0 Å². The third kappa shape index (κ3) is 3.48. The summed E-state index contributed by atoms with van der Waals surface area (Å²) < 4.78 is 6.26. The lowest BCUT2D eigenvalue weighted by atomic mass is 9.86. The van der Waals surface area contributed by atoms with Crippen LogP contribution in [0.2, 0.25) is 0 Å². The zero-order valence-electron chi connectivity index (χ0n) is 16.5. The molecule has 0 spiro atoms. The molecule has 1 aromatic carbocycles. The summed E-state index contributed by atoms with van der Waals surface area (Å²) in [6.45, 7) is 9.60. The summed E-state index contributed by atoms with van der Waals surface area (Å²) in [5.74, 6) is 0.123. The maximum atomic E-state index is 13.2. The molecule has 0 aromatic heterocycles. The minimum atomic E-state index is -0.942. The maximum Gasteiger partial charge on any atom is 0.317 e. The second-order valence-corrected chi connectivity index (χ2v) is 7.83. The van der Waals surface area contributed by atoms with Crippen molar-refractivity contribution in [3.8, 4) is 11.5 Å². The van der Waals surface area contributed by atoms with Gasteiger partial charge in [0.15, 0.2) is 5.60 Å². The minimum absolute atomic E-state index is 0.00438. The van der Waals surface area contributed by atoms with Crippen molar-refractivity contribution in [2.75, 3.05) is 32.7 Å². The van der Waals surface area contributed by atoms with E-state index in [-0.39, 0.29) is 12.5 Å². The Labute approximate surface area is 159 Å². The fourth-order valence-corrected chi connectivity index (χ4v) is 4.03. The Hall–Kier alpha value is -2.28. The Kier molecular flexibility index (Phi) is 5.08. The van der Waals surface area contributed by atoms with Crippen LogP contribution in [0.5, 0.6) is 11.5 Å². The molecule has 2 aliphatic rings. The van der Waals surface area contributed by atoms with Gasteiger partial charge in [0.25, 0.3) is 5.91 Å². The van der Waals surface area contributed by atoms with Gasteiger partial charge in [-0.25, -0.2) is 0 Å². The summed E-state index contributed by atoms with van der Waals surface area (Å²) in [5, 5.41) is 19.2. The molecule has 7 heteroatoms. The minimum Gasteiger partial charge on any atom is -0.507 e. The number of phenolic OH excluding ortho intramolecular Hbond substituents is 1. The molecule has 0 unspecified atom stereocenters. The number of amides is 1. The van der Waals surface area contributed by atoms with Crippen LogP contribution >= 0.6 is 0 Å². The average Bonchev–Trinajstić information content (AvgIpc) is 2.64. The SMILES string of the molecule is Cc1c(C)c2c(c(C)c1O)CC[C@@](C)(C(=O)N1CCN(CC(=O)O)CC1)O2. The zero-order valence-corrected chi connectivity index (χ0v) is 16.5. The summed E-state index contributed by atoms with van der Waals surface area (Å²) in [6, 6.07) is 0. The number of aromatic hydroxyl groups is 1. The number of carboxylic acid groups (broad SMARTS) is 1. The van der Waals surface area contributed by atoms with Gasteiger partial charge in [-0.15, -0.1) is 0 Å². The summed E-state index contributed by atoms with van der Waals surface area (Å²) in [6.07, 6.45) is 1.23. The van der Waals surface area contributed by atoms with Crippen LogP contribution in [-0.2, 0) is 16.0 Å². The summed E-state index contributed by atoms with van der Waals surface area (Å²) in [5.41, 5.74) is 2.52. The monoisotopic (exact) mass is 376 g/mol. The van der Waals surface area contributed by atoms with E-state index in [9.17, 15) is 14.7 Å². The number of carbonyl (C=O) groups excluding carboxylic acids is 1. The molecule has 2 N–H and O–H groups in total. The first-order chi connectivity index (χ1) is 12.6. The molecule has 1 atom stereocenters. The van der Waals surface area contributed by atoms with Crippen LogP contribution in [-0.4, -0.2) is 70.2 Å². The predicted octanol–water partition coefficient (Wildman–Crippen LogP) is 1.63. The summed E-state index contributed by atoms with van der Waals surface area (Å²) in [7, 11) is 0. The molecule has 1 amide bonds. The highest BCUT2D eigenvalue weighted by molar-refractivity contribution is 5.86. The fourth-order valence-electron chi connectivity index (χ4n) is 4.03. The lowest BCUT2D eigenvalue weighted by molar-refractivity contribution is -0.150. The second-order valence-electron chi connectivity index (χ2n) is 7.83. The molecule has 0 radical (unpaired) electrons. The van der Waals surface area contributed by atoms with Crippen LogP contribution in [0.1, 0.15) is 35.6 Å². The van der Waals surface area contributed by atoms with Crippen molar-refractivity contribution < 1.29 is 24.5 Å². The number of nitrogens with zero attached hydrogens (tertiary/aromatic N) is 2. The molecular weight excluding hydrogens is 348 g/mol. The molecule has 1 saturated heterocycles. The van der Waals surface area contributed by atoms with Crippen molar-refractivity contribution in [3.63, 3.8) is 0 Å². The number of ether oxygens (including phenoxy) is 1. The number of benzene rings is 1. The van der Waals surface area contributed by atoms with Crippen LogP contribution < -0.4 is 4.74 Å². The molecule has 2 aliphatic heterocycles. The number of phenols is 1. The van der Waals surface area contributed by atoms with Gasteiger partial charge in [0, 0.05) is 38.2 Å². The molecule has 1 fully saturated rings. The normalized spacial score (nSPS) is 22.9. The van der Waals surface area contributed by atoms with Gasteiger partial charge in [0.05, 0.1) is 6.54 Å². The van der Waals surface area contributed by atoms with Crippen LogP contribution in [0, 0.1) is 20.8 Å². The lowest BCUT2D eigenvalue weighted by Gasteiger charge is -2.42. The lowest BCUT2D eigenvalue weighted by Crippen LogP contribution is -2.58. The van der Waals surface area contributed by atoms with E-state index < -0.39 is 11.6 Å². The van der Waals surface area contributed by atoms with E-state index in [1.54, 1.807) is 4.90 Å². The molecular formula is C20H28N2O5. The average molecular weight is 376 g/mol. The molecule has 3 rings (SSSR count). The smallest absolute Gasteiger partial charge is 0.317 e. The number of rotatable bonds is 3. The van der Waals surface area contributed by atoms with Gasteiger partial charge in [0.2, 0.25) is 0 Å². The Bertz CT molecular complexity index is 783. The fraction of sp³-hybridized carbons (Fsp3) is 0.600. The standard InChI is InChI=1S/C20H28N2O5/c1-12-13(2)18-15(14(3)17(12)25)5-6-20(4,27-18)19(26)22-9-7-21(8-10-22)11-16(23)24/h25H,5-11H2,1-4H3,(H,23,24)/t20-/m0/s1. The van der Waals surface area contributed by atoms with Crippen LogP contribution in [0.3, 0.4) is 0 Å². The zero-order chi connectivity index (χ0) is 19.9. The van der Waals surface area contributed by atoms with Crippen molar-refractivity contribution in [1.82, 2.24) is 9.80 Å². The van der Waals surface area contributed by atoms with Gasteiger partial charge >= 0.3 is 5.97 Å². The van der Waals surface area contributed by atoms with Crippen molar-refractivity contribution >= 4 is 11.9 Å². The Morgan fingerprint density at radius 3 is 2.30 bits per heavy atom.